The van der Waals surface area contributed by atoms with Crippen LogP contribution >= 0.6 is 0 Å². The van der Waals surface area contributed by atoms with Gasteiger partial charge < -0.3 is 14.4 Å². The number of rotatable bonds is 5. The molecule has 0 spiro atoms. The summed E-state index contributed by atoms with van der Waals surface area (Å²) in [6, 6.07) is 11.1. The number of halogens is 5. The molecular weight excluding hydrogens is 463 g/mol. The lowest BCUT2D eigenvalue weighted by Crippen LogP contribution is -2.52. The van der Waals surface area contributed by atoms with E-state index in [4.69, 9.17) is 4.74 Å². The summed E-state index contributed by atoms with van der Waals surface area (Å²) in [5.74, 6) is -6.33. The van der Waals surface area contributed by atoms with Crippen LogP contribution in [0.15, 0.2) is 48.5 Å². The first-order chi connectivity index (χ1) is 16.1. The predicted molar refractivity (Wildman–Crippen MR) is 111 cm³/mol. The molecule has 4 rings (SSSR count). The fourth-order valence-corrected chi connectivity index (χ4v) is 4.17. The van der Waals surface area contributed by atoms with Gasteiger partial charge in [-0.1, -0.05) is 30.3 Å². The van der Waals surface area contributed by atoms with E-state index in [9.17, 15) is 22.8 Å². The van der Waals surface area contributed by atoms with Crippen molar-refractivity contribution in [2.75, 3.05) is 24.6 Å². The number of piperidine rings is 1. The van der Waals surface area contributed by atoms with Gasteiger partial charge in [0, 0.05) is 24.7 Å². The molecule has 1 saturated heterocycles. The second-order valence-corrected chi connectivity index (χ2v) is 8.05. The van der Waals surface area contributed by atoms with Crippen LogP contribution < -0.4 is 9.64 Å². The summed E-state index contributed by atoms with van der Waals surface area (Å²) in [6.07, 6.45) is -4.79. The maximum absolute atomic E-state index is 15.1. The molecule has 6 nitrogen and oxygen atoms in total. The number of alkyl halides is 5. The molecule has 11 heteroatoms. The van der Waals surface area contributed by atoms with Gasteiger partial charge in [0.05, 0.1) is 11.3 Å². The molecule has 0 aliphatic carbocycles. The summed E-state index contributed by atoms with van der Waals surface area (Å²) in [7, 11) is 0. The van der Waals surface area contributed by atoms with E-state index < -0.39 is 42.0 Å². The zero-order valence-electron chi connectivity index (χ0n) is 17.9. The predicted octanol–water partition coefficient (Wildman–Crippen LogP) is 4.87. The van der Waals surface area contributed by atoms with E-state index in [0.29, 0.717) is 5.69 Å². The van der Waals surface area contributed by atoms with Gasteiger partial charge in [-0.2, -0.15) is 22.0 Å². The smallest absolute Gasteiger partial charge is 0.422 e. The van der Waals surface area contributed by atoms with Crippen LogP contribution in [0.3, 0.4) is 0 Å². The lowest BCUT2D eigenvalue weighted by atomic mass is 9.99. The number of amides is 2. The van der Waals surface area contributed by atoms with Crippen LogP contribution in [0.25, 0.3) is 0 Å². The fraction of sp³-hybridized carbons (Fsp3) is 0.391. The molecule has 0 N–H and O–H groups in total. The molecule has 34 heavy (non-hydrogen) atoms. The molecule has 182 valence electrons. The van der Waals surface area contributed by atoms with Crippen molar-refractivity contribution in [1.29, 1.82) is 0 Å². The van der Waals surface area contributed by atoms with E-state index >= 15 is 8.78 Å². The molecule has 2 aliphatic heterocycles. The molecule has 2 aliphatic rings. The van der Waals surface area contributed by atoms with Crippen LogP contribution in [0.4, 0.5) is 32.4 Å². The molecule has 2 heterocycles. The molecule has 2 aromatic carbocycles. The van der Waals surface area contributed by atoms with E-state index in [0.717, 1.165) is 22.6 Å². The summed E-state index contributed by atoms with van der Waals surface area (Å²) < 4.78 is 77.4. The molecule has 0 unspecified atom stereocenters. The number of hydrogen-bond acceptors (Lipinski definition) is 4. The summed E-state index contributed by atoms with van der Waals surface area (Å²) in [6.45, 7) is -1.73. The van der Waals surface area contributed by atoms with E-state index in [-0.39, 0.29) is 38.6 Å². The molecular formula is C23H21F5N2O4. The quantitative estimate of drug-likeness (QED) is 0.569. The number of nitrogens with zero attached hydrogens (tertiary/aromatic N) is 2. The first-order valence-corrected chi connectivity index (χ1v) is 10.6. The van der Waals surface area contributed by atoms with Crippen molar-refractivity contribution in [2.45, 2.75) is 37.6 Å². The van der Waals surface area contributed by atoms with E-state index in [1.807, 2.05) is 12.1 Å². The second-order valence-electron chi connectivity index (χ2n) is 8.05. The van der Waals surface area contributed by atoms with Gasteiger partial charge in [-0.05, 0) is 31.0 Å². The van der Waals surface area contributed by atoms with Crippen LogP contribution in [0.2, 0.25) is 0 Å². The van der Waals surface area contributed by atoms with Crippen LogP contribution in [0.1, 0.15) is 24.0 Å². The minimum absolute atomic E-state index is 0.0589. The topological polar surface area (TPSA) is 59.1 Å². The van der Waals surface area contributed by atoms with Crippen LogP contribution in [0.5, 0.6) is 5.75 Å². The highest BCUT2D eigenvalue weighted by atomic mass is 19.4. The number of fused-ring (bicyclic) bond motifs is 1. The van der Waals surface area contributed by atoms with Crippen LogP contribution in [0, 0.1) is 0 Å². The van der Waals surface area contributed by atoms with Gasteiger partial charge in [-0.15, -0.1) is 0 Å². The maximum atomic E-state index is 15.1. The lowest BCUT2D eigenvalue weighted by Gasteiger charge is -2.40. The first-order valence-electron chi connectivity index (χ1n) is 10.6. The van der Waals surface area contributed by atoms with Crippen molar-refractivity contribution in [2.24, 2.45) is 0 Å². The zero-order valence-corrected chi connectivity index (χ0v) is 17.9. The number of benzene rings is 2. The number of para-hydroxylation sites is 2. The van der Waals surface area contributed by atoms with E-state index in [1.54, 1.807) is 12.1 Å². The van der Waals surface area contributed by atoms with Gasteiger partial charge in [0.15, 0.2) is 6.61 Å². The molecule has 0 atom stereocenters. The highest BCUT2D eigenvalue weighted by molar-refractivity contribution is 5.91. The third-order valence-corrected chi connectivity index (χ3v) is 5.80. The largest absolute Gasteiger partial charge is 0.484 e. The second kappa shape index (κ2) is 9.11. The Morgan fingerprint density at radius 3 is 2.35 bits per heavy atom. The average molecular weight is 484 g/mol. The monoisotopic (exact) mass is 484 g/mol. The Labute approximate surface area is 191 Å². The third kappa shape index (κ3) is 4.78. The van der Waals surface area contributed by atoms with Crippen molar-refractivity contribution in [3.05, 3.63) is 59.7 Å². The minimum Gasteiger partial charge on any atom is -0.484 e. The first kappa shape index (κ1) is 23.8. The Bertz CT molecular complexity index is 1070. The van der Waals surface area contributed by atoms with Crippen LogP contribution in [-0.2, 0) is 22.1 Å². The van der Waals surface area contributed by atoms with Gasteiger partial charge >= 0.3 is 18.2 Å². The van der Waals surface area contributed by atoms with Crippen molar-refractivity contribution in [1.82, 2.24) is 4.90 Å². The standard InChI is InChI=1S/C23H21F5N2O4/c24-22(25,26)14-34-19-8-4-2-6-17(19)23(27,28)20(31)29-11-9-16(10-12-29)30-18-7-3-1-5-15(18)13-33-21(30)32/h1-8,16H,9-14H2. The Morgan fingerprint density at radius 2 is 1.65 bits per heavy atom. The Morgan fingerprint density at radius 1 is 1.00 bits per heavy atom. The summed E-state index contributed by atoms with van der Waals surface area (Å²) in [5.41, 5.74) is 0.576. The van der Waals surface area contributed by atoms with Gasteiger partial charge in [-0.25, -0.2) is 4.79 Å². The zero-order chi connectivity index (χ0) is 24.5. The van der Waals surface area contributed by atoms with Crippen molar-refractivity contribution >= 4 is 17.7 Å². The van der Waals surface area contributed by atoms with Gasteiger partial charge in [0.2, 0.25) is 0 Å². The molecule has 0 saturated carbocycles. The molecule has 0 aromatic heterocycles. The van der Waals surface area contributed by atoms with Gasteiger partial charge in [0.1, 0.15) is 12.4 Å². The summed E-state index contributed by atoms with van der Waals surface area (Å²) in [4.78, 5) is 27.5. The molecule has 1 fully saturated rings. The molecule has 0 radical (unpaired) electrons. The highest BCUT2D eigenvalue weighted by Crippen LogP contribution is 2.38. The number of hydrogen-bond donors (Lipinski definition) is 0. The highest BCUT2D eigenvalue weighted by Gasteiger charge is 2.47. The number of carbonyl (C=O) groups is 2. The third-order valence-electron chi connectivity index (χ3n) is 5.80. The Hall–Kier alpha value is -3.37. The number of likely N-dealkylation sites (tertiary alicyclic amines) is 1. The van der Waals surface area contributed by atoms with Crippen molar-refractivity contribution in [3.63, 3.8) is 0 Å². The average Bonchev–Trinajstić information content (AvgIpc) is 2.82. The maximum Gasteiger partial charge on any atom is 0.422 e. The Balaban J connectivity index is 1.46. The SMILES string of the molecule is O=C1OCc2ccccc2N1C1CCN(C(=O)C(F)(F)c2ccccc2OCC(F)(F)F)CC1. The van der Waals surface area contributed by atoms with Gasteiger partial charge in [-0.3, -0.25) is 9.69 Å². The van der Waals surface area contributed by atoms with Crippen molar-refractivity contribution < 1.29 is 41.0 Å². The van der Waals surface area contributed by atoms with Crippen LogP contribution in [-0.4, -0.2) is 48.8 Å². The summed E-state index contributed by atoms with van der Waals surface area (Å²) >= 11 is 0. The molecule has 2 amide bonds. The van der Waals surface area contributed by atoms with E-state index in [2.05, 4.69) is 4.74 Å². The number of carbonyl (C=O) groups excluding carboxylic acids is 2. The molecule has 0 bridgehead atoms. The molecule has 2 aromatic rings. The van der Waals surface area contributed by atoms with E-state index in [1.165, 1.54) is 17.0 Å². The van der Waals surface area contributed by atoms with Gasteiger partial charge in [0.25, 0.3) is 5.91 Å². The normalized spacial score (nSPS) is 17.3. The number of anilines is 1. The summed E-state index contributed by atoms with van der Waals surface area (Å²) in [5, 5.41) is 0. The lowest BCUT2D eigenvalue weighted by molar-refractivity contribution is -0.161. The number of ether oxygens (including phenoxy) is 2. The fourth-order valence-electron chi connectivity index (χ4n) is 4.17. The number of cyclic esters (lactones) is 1. The minimum atomic E-state index is -4.72. The van der Waals surface area contributed by atoms with Crippen molar-refractivity contribution in [3.8, 4) is 5.75 Å². The Kier molecular flexibility index (Phi) is 6.37.